The highest BCUT2D eigenvalue weighted by molar-refractivity contribution is 6.05. The molecule has 0 heterocycles. The summed E-state index contributed by atoms with van der Waals surface area (Å²) in [6, 6.07) is 59.1. The van der Waals surface area contributed by atoms with E-state index in [1.807, 2.05) is 0 Å². The molecule has 89 heavy (non-hydrogen) atoms. The number of benzene rings is 6. The summed E-state index contributed by atoms with van der Waals surface area (Å²) < 4.78 is 7.14. The van der Waals surface area contributed by atoms with E-state index in [1.54, 1.807) is 0 Å². The van der Waals surface area contributed by atoms with E-state index in [0.29, 0.717) is 0 Å². The third-order valence-electron chi connectivity index (χ3n) is 16.9. The molecule has 6 aromatic rings. The van der Waals surface area contributed by atoms with Crippen LogP contribution in [0.4, 0.5) is 17.1 Å². The molecule has 3 aliphatic rings. The summed E-state index contributed by atoms with van der Waals surface area (Å²) in [5.74, 6) is 0. The van der Waals surface area contributed by atoms with E-state index in [-0.39, 0.29) is 14.9 Å². The van der Waals surface area contributed by atoms with Crippen LogP contribution in [0.2, 0.25) is 0 Å². The van der Waals surface area contributed by atoms with Crippen LogP contribution in [0.3, 0.4) is 0 Å². The smallest absolute Gasteiger partial charge is 0.199 e. The molecular weight excluding hydrogens is 1080 g/mol. The highest BCUT2D eigenvalue weighted by Crippen LogP contribution is 2.34. The van der Waals surface area contributed by atoms with E-state index in [2.05, 4.69) is 348 Å². The fourth-order valence-electron chi connectivity index (χ4n) is 11.9. The lowest BCUT2D eigenvalue weighted by Crippen LogP contribution is -2.21. The first kappa shape index (κ1) is 71.1. The molecule has 0 amide bonds. The highest BCUT2D eigenvalue weighted by atomic mass is 15.1. The molecular formula is C83H107N6+3. The van der Waals surface area contributed by atoms with Crippen molar-refractivity contribution in [3.8, 4) is 0 Å². The molecule has 6 heteroatoms. The zero-order valence-corrected chi connectivity index (χ0v) is 54.7. The summed E-state index contributed by atoms with van der Waals surface area (Å²) in [5, 5.41) is 0. The predicted molar refractivity (Wildman–Crippen MR) is 395 cm³/mol. The van der Waals surface area contributed by atoms with Crippen LogP contribution in [0, 0.1) is 0 Å². The molecule has 0 unspecified atom stereocenters. The minimum absolute atomic E-state index is 0. The van der Waals surface area contributed by atoms with Crippen molar-refractivity contribution < 1.29 is 13.7 Å². The van der Waals surface area contributed by atoms with E-state index in [0.717, 1.165) is 78.5 Å². The minimum atomic E-state index is 0. The second kappa shape index (κ2) is 37.3. The molecule has 466 valence electrons. The Balaban J connectivity index is 0.000000240. The third-order valence-corrected chi connectivity index (χ3v) is 16.9. The van der Waals surface area contributed by atoms with Crippen LogP contribution >= 0.6 is 0 Å². The van der Waals surface area contributed by atoms with Gasteiger partial charge in [0.05, 0.1) is 0 Å². The van der Waals surface area contributed by atoms with Crippen molar-refractivity contribution in [1.82, 2.24) is 0 Å². The van der Waals surface area contributed by atoms with Crippen LogP contribution in [-0.4, -0.2) is 109 Å². The maximum absolute atomic E-state index is 2.38. The Morgan fingerprint density at radius 2 is 0.416 bits per heavy atom. The summed E-state index contributed by atoms with van der Waals surface area (Å²) in [6.45, 7) is 38.8. The Labute approximate surface area is 539 Å². The van der Waals surface area contributed by atoms with Crippen LogP contribution < -0.4 is 14.7 Å². The Morgan fingerprint density at radius 1 is 0.236 bits per heavy atom. The normalized spacial score (nSPS) is 12.7. The van der Waals surface area contributed by atoms with Gasteiger partial charge in [-0.1, -0.05) is 142 Å². The lowest BCUT2D eigenvalue weighted by Gasteiger charge is -2.22. The Morgan fingerprint density at radius 3 is 0.584 bits per heavy atom. The van der Waals surface area contributed by atoms with Crippen LogP contribution in [0.25, 0.3) is 16.7 Å². The molecule has 3 aliphatic carbocycles. The van der Waals surface area contributed by atoms with Crippen molar-refractivity contribution in [2.75, 3.05) is 93.2 Å². The van der Waals surface area contributed by atoms with Gasteiger partial charge in [0, 0.05) is 92.8 Å². The van der Waals surface area contributed by atoms with Crippen molar-refractivity contribution >= 4 is 50.9 Å². The van der Waals surface area contributed by atoms with E-state index < -0.39 is 0 Å². The number of hydrogen-bond acceptors (Lipinski definition) is 3. The van der Waals surface area contributed by atoms with E-state index in [4.69, 9.17) is 0 Å². The van der Waals surface area contributed by atoms with Crippen LogP contribution in [0.1, 0.15) is 131 Å². The quantitative estimate of drug-likeness (QED) is 0.0670. The summed E-state index contributed by atoms with van der Waals surface area (Å²) in [6.07, 6.45) is 27.0. The van der Waals surface area contributed by atoms with Gasteiger partial charge in [0.2, 0.25) is 0 Å². The molecule has 0 fully saturated rings. The molecule has 9 rings (SSSR count). The van der Waals surface area contributed by atoms with Crippen molar-refractivity contribution in [1.29, 1.82) is 0 Å². The first-order chi connectivity index (χ1) is 42.6. The average Bonchev–Trinajstić information content (AvgIpc) is 2.86. The van der Waals surface area contributed by atoms with Crippen molar-refractivity contribution in [2.24, 2.45) is 0 Å². The van der Waals surface area contributed by atoms with Gasteiger partial charge in [-0.2, -0.15) is 0 Å². The molecule has 0 aromatic heterocycles. The van der Waals surface area contributed by atoms with Crippen LogP contribution in [-0.2, 0) is 0 Å². The second-order valence-electron chi connectivity index (χ2n) is 21.5. The first-order valence-electron chi connectivity index (χ1n) is 32.5. The van der Waals surface area contributed by atoms with Gasteiger partial charge in [-0.15, -0.1) is 0 Å². The molecule has 0 saturated carbocycles. The van der Waals surface area contributed by atoms with Crippen molar-refractivity contribution in [3.63, 3.8) is 0 Å². The standard InChI is InChI=1S/3C27H33N2.2CH4/c3*1-5-28(6-2)25-18-14-23(15-19-25)27(22-12-10-9-11-13-22)24-16-20-26(21-17-24)29(7-3)8-4;;/h3*9-21H,5-8H2,1-4H3;2*1H4/q3*+1;;. The van der Waals surface area contributed by atoms with Crippen molar-refractivity contribution in [2.45, 2.75) is 97.9 Å². The molecule has 0 bridgehead atoms. The first-order valence-corrected chi connectivity index (χ1v) is 32.5. The molecule has 0 N–H and O–H groups in total. The number of hydrogen-bond donors (Lipinski definition) is 0. The number of nitrogens with zero attached hydrogens (tertiary/aromatic N) is 6. The fourth-order valence-corrected chi connectivity index (χ4v) is 11.9. The van der Waals surface area contributed by atoms with Gasteiger partial charge in [0.15, 0.2) is 17.1 Å². The predicted octanol–water partition coefficient (Wildman–Crippen LogP) is 19.1. The van der Waals surface area contributed by atoms with Gasteiger partial charge in [0.25, 0.3) is 0 Å². The molecule has 0 aliphatic heterocycles. The molecule has 6 aromatic carbocycles. The lowest BCUT2D eigenvalue weighted by atomic mass is 9.90. The van der Waals surface area contributed by atoms with E-state index in [1.165, 1.54) is 101 Å². The molecule has 0 spiro atoms. The lowest BCUT2D eigenvalue weighted by molar-refractivity contribution is -0.519. The fraction of sp³-hybridized carbons (Fsp3) is 0.313. The number of anilines is 3. The third kappa shape index (κ3) is 18.7. The van der Waals surface area contributed by atoms with Gasteiger partial charge in [-0.3, -0.25) is 0 Å². The Kier molecular flexibility index (Phi) is 29.8. The molecule has 0 radical (unpaired) electrons. The Bertz CT molecular complexity index is 3080. The van der Waals surface area contributed by atoms with Gasteiger partial charge >= 0.3 is 0 Å². The van der Waals surface area contributed by atoms with Gasteiger partial charge < -0.3 is 14.7 Å². The minimum Gasteiger partial charge on any atom is -0.372 e. The average molecular weight is 1190 g/mol. The number of rotatable bonds is 21. The maximum Gasteiger partial charge on any atom is 0.199 e. The molecule has 0 saturated heterocycles. The summed E-state index contributed by atoms with van der Waals surface area (Å²) in [4.78, 5) is 7.14. The molecule has 0 atom stereocenters. The second-order valence-corrected chi connectivity index (χ2v) is 21.5. The van der Waals surface area contributed by atoms with Crippen molar-refractivity contribution in [3.05, 3.63) is 287 Å². The molecule has 6 nitrogen and oxygen atoms in total. The summed E-state index contributed by atoms with van der Waals surface area (Å²) in [7, 11) is 0. The van der Waals surface area contributed by atoms with Crippen LogP contribution in [0.15, 0.2) is 253 Å². The van der Waals surface area contributed by atoms with E-state index >= 15 is 0 Å². The zero-order chi connectivity index (χ0) is 61.9. The summed E-state index contributed by atoms with van der Waals surface area (Å²) in [5.41, 5.74) is 22.8. The topological polar surface area (TPSA) is 18.8 Å². The zero-order valence-electron chi connectivity index (χ0n) is 54.7. The summed E-state index contributed by atoms with van der Waals surface area (Å²) >= 11 is 0. The largest absolute Gasteiger partial charge is 0.372 e. The maximum atomic E-state index is 2.38. The van der Waals surface area contributed by atoms with Gasteiger partial charge in [-0.25, -0.2) is 13.7 Å². The van der Waals surface area contributed by atoms with Gasteiger partial charge in [-0.05, 0) is 223 Å². The van der Waals surface area contributed by atoms with Gasteiger partial charge in [0.1, 0.15) is 39.3 Å². The highest BCUT2D eigenvalue weighted by Gasteiger charge is 2.19. The SMILES string of the molecule is C.C.CCN(CC)c1ccc(C(=C2C=CC(=[N+](CC)CC)C=C2)c2ccccc2)cc1.CCN(CC)c1ccc(C(=C2C=CC(=[N+](CC)CC)C=C2)c2ccccc2)cc1.CCN(CC)c1ccc(C(=C2C=CC(=[N+](CC)CC)C=C2)c2ccccc2)cc1. The van der Waals surface area contributed by atoms with Crippen LogP contribution in [0.5, 0.6) is 0 Å². The van der Waals surface area contributed by atoms with E-state index in [9.17, 15) is 0 Å². The Hall–Kier alpha value is -8.61. The monoisotopic (exact) mass is 1190 g/mol. The number of allylic oxidation sites excluding steroid dienone is 15.